The molecule has 1 amide bonds. The highest BCUT2D eigenvalue weighted by Gasteiger charge is 2.28. The number of piperazine rings is 1. The number of alkyl halides is 3. The molecule has 0 radical (unpaired) electrons. The van der Waals surface area contributed by atoms with E-state index >= 15 is 0 Å². The van der Waals surface area contributed by atoms with Gasteiger partial charge < -0.3 is 15.0 Å². The molecular formula is C9H16ClF3N2O2. The molecule has 102 valence electrons. The summed E-state index contributed by atoms with van der Waals surface area (Å²) in [6.45, 7) is 1.71. The van der Waals surface area contributed by atoms with Crippen molar-refractivity contribution in [1.29, 1.82) is 0 Å². The van der Waals surface area contributed by atoms with E-state index in [4.69, 9.17) is 0 Å². The molecule has 1 rings (SSSR count). The zero-order valence-corrected chi connectivity index (χ0v) is 10.2. The topological polar surface area (TPSA) is 41.6 Å². The summed E-state index contributed by atoms with van der Waals surface area (Å²) < 4.78 is 39.6. The number of ether oxygens (including phenoxy) is 1. The van der Waals surface area contributed by atoms with Crippen LogP contribution in [0.2, 0.25) is 0 Å². The van der Waals surface area contributed by atoms with E-state index < -0.39 is 25.3 Å². The van der Waals surface area contributed by atoms with Crippen LogP contribution in [0.3, 0.4) is 0 Å². The van der Waals surface area contributed by atoms with Crippen LogP contribution in [0.25, 0.3) is 0 Å². The Morgan fingerprint density at radius 2 is 2.18 bits per heavy atom. The Bertz CT molecular complexity index is 251. The average molecular weight is 277 g/mol. The van der Waals surface area contributed by atoms with Crippen molar-refractivity contribution in [3.8, 4) is 0 Å². The van der Waals surface area contributed by atoms with Crippen molar-refractivity contribution in [2.75, 3.05) is 32.8 Å². The number of carbonyl (C=O) groups is 1. The summed E-state index contributed by atoms with van der Waals surface area (Å²) in [5.41, 5.74) is 0. The smallest absolute Gasteiger partial charge is 0.362 e. The molecule has 1 aliphatic rings. The Kier molecular flexibility index (Phi) is 6.81. The fourth-order valence-electron chi connectivity index (χ4n) is 1.50. The SMILES string of the molecule is C[C@H]1CN(C(=O)COCC(F)(F)F)CCN1.Cl. The van der Waals surface area contributed by atoms with Gasteiger partial charge >= 0.3 is 6.18 Å². The average Bonchev–Trinajstić information content (AvgIpc) is 2.15. The standard InChI is InChI=1S/C9H15F3N2O2.ClH/c1-7-4-14(3-2-13-7)8(15)5-16-6-9(10,11)12;/h7,13H,2-6H2,1H3;1H/t7-;/m0./s1. The predicted molar refractivity (Wildman–Crippen MR) is 58.2 cm³/mol. The summed E-state index contributed by atoms with van der Waals surface area (Å²) in [6.07, 6.45) is -4.38. The van der Waals surface area contributed by atoms with E-state index in [1.807, 2.05) is 6.92 Å². The van der Waals surface area contributed by atoms with E-state index in [1.165, 1.54) is 4.90 Å². The summed E-state index contributed by atoms with van der Waals surface area (Å²) in [7, 11) is 0. The minimum atomic E-state index is -4.38. The molecule has 0 spiro atoms. The lowest BCUT2D eigenvalue weighted by Crippen LogP contribution is -2.52. The number of nitrogens with one attached hydrogen (secondary N) is 1. The van der Waals surface area contributed by atoms with Gasteiger partial charge in [0.05, 0.1) is 0 Å². The lowest BCUT2D eigenvalue weighted by Gasteiger charge is -2.31. The molecule has 8 heteroatoms. The Labute approximate surface area is 104 Å². The number of nitrogens with zero attached hydrogens (tertiary/aromatic N) is 1. The van der Waals surface area contributed by atoms with Gasteiger partial charge in [0.15, 0.2) is 0 Å². The van der Waals surface area contributed by atoms with Crippen LogP contribution >= 0.6 is 12.4 Å². The van der Waals surface area contributed by atoms with Crippen molar-refractivity contribution in [3.05, 3.63) is 0 Å². The van der Waals surface area contributed by atoms with Gasteiger partial charge in [0.2, 0.25) is 5.91 Å². The molecule has 1 aliphatic heterocycles. The van der Waals surface area contributed by atoms with Crippen LogP contribution in [0.4, 0.5) is 13.2 Å². The first-order valence-electron chi connectivity index (χ1n) is 5.04. The van der Waals surface area contributed by atoms with Crippen LogP contribution in [-0.2, 0) is 9.53 Å². The summed E-state index contributed by atoms with van der Waals surface area (Å²) >= 11 is 0. The van der Waals surface area contributed by atoms with Gasteiger partial charge in [-0.1, -0.05) is 0 Å². The van der Waals surface area contributed by atoms with Gasteiger partial charge in [-0.15, -0.1) is 12.4 Å². The molecule has 4 nitrogen and oxygen atoms in total. The monoisotopic (exact) mass is 276 g/mol. The second-order valence-corrected chi connectivity index (χ2v) is 3.80. The number of hydrogen-bond donors (Lipinski definition) is 1. The summed E-state index contributed by atoms with van der Waals surface area (Å²) in [5.74, 6) is -0.391. The molecule has 1 atom stereocenters. The van der Waals surface area contributed by atoms with Gasteiger partial charge in [0.1, 0.15) is 13.2 Å². The largest absolute Gasteiger partial charge is 0.411 e. The molecule has 1 N–H and O–H groups in total. The van der Waals surface area contributed by atoms with Gasteiger partial charge in [-0.2, -0.15) is 13.2 Å². The zero-order chi connectivity index (χ0) is 12.2. The molecule has 1 saturated heterocycles. The molecule has 1 heterocycles. The lowest BCUT2D eigenvalue weighted by atomic mass is 10.2. The first-order valence-corrected chi connectivity index (χ1v) is 5.04. The minimum absolute atomic E-state index is 0. The molecule has 0 aromatic carbocycles. The van der Waals surface area contributed by atoms with Gasteiger partial charge in [-0.05, 0) is 6.92 Å². The van der Waals surface area contributed by atoms with Gasteiger partial charge in [-0.25, -0.2) is 0 Å². The van der Waals surface area contributed by atoms with E-state index in [2.05, 4.69) is 10.1 Å². The highest BCUT2D eigenvalue weighted by Crippen LogP contribution is 2.14. The molecule has 0 aliphatic carbocycles. The van der Waals surface area contributed by atoms with Gasteiger partial charge in [0.25, 0.3) is 0 Å². The van der Waals surface area contributed by atoms with Crippen LogP contribution < -0.4 is 5.32 Å². The lowest BCUT2D eigenvalue weighted by molar-refractivity contribution is -0.178. The second kappa shape index (κ2) is 7.03. The molecule has 1 fully saturated rings. The molecule has 0 unspecified atom stereocenters. The first-order chi connectivity index (χ1) is 7.38. The maximum atomic E-state index is 11.8. The Hall–Kier alpha value is -0.530. The number of carbonyl (C=O) groups excluding carboxylic acids is 1. The number of rotatable bonds is 3. The fraction of sp³-hybridized carbons (Fsp3) is 0.889. The molecular weight excluding hydrogens is 261 g/mol. The van der Waals surface area contributed by atoms with Crippen molar-refractivity contribution in [3.63, 3.8) is 0 Å². The highest BCUT2D eigenvalue weighted by molar-refractivity contribution is 5.85. The normalized spacial score (nSPS) is 20.9. The highest BCUT2D eigenvalue weighted by atomic mass is 35.5. The third-order valence-electron chi connectivity index (χ3n) is 2.21. The Morgan fingerprint density at radius 1 is 1.53 bits per heavy atom. The van der Waals surface area contributed by atoms with E-state index in [-0.39, 0.29) is 18.4 Å². The predicted octanol–water partition coefficient (Wildman–Crippen LogP) is 0.807. The molecule has 0 saturated carbocycles. The second-order valence-electron chi connectivity index (χ2n) is 3.80. The van der Waals surface area contributed by atoms with Crippen molar-refractivity contribution in [1.82, 2.24) is 10.2 Å². The van der Waals surface area contributed by atoms with Gasteiger partial charge in [0, 0.05) is 25.7 Å². The number of amides is 1. The number of hydrogen-bond acceptors (Lipinski definition) is 3. The third kappa shape index (κ3) is 6.70. The molecule has 17 heavy (non-hydrogen) atoms. The van der Waals surface area contributed by atoms with Crippen molar-refractivity contribution in [2.45, 2.75) is 19.1 Å². The zero-order valence-electron chi connectivity index (χ0n) is 9.42. The van der Waals surface area contributed by atoms with E-state index in [9.17, 15) is 18.0 Å². The van der Waals surface area contributed by atoms with Crippen molar-refractivity contribution in [2.24, 2.45) is 0 Å². The quantitative estimate of drug-likeness (QED) is 0.829. The fourth-order valence-corrected chi connectivity index (χ4v) is 1.50. The maximum Gasteiger partial charge on any atom is 0.411 e. The minimum Gasteiger partial charge on any atom is -0.362 e. The Balaban J connectivity index is 0.00000256. The van der Waals surface area contributed by atoms with Crippen LogP contribution in [0.15, 0.2) is 0 Å². The van der Waals surface area contributed by atoms with Crippen LogP contribution in [0.1, 0.15) is 6.92 Å². The summed E-state index contributed by atoms with van der Waals surface area (Å²) in [4.78, 5) is 12.9. The number of halogens is 4. The van der Waals surface area contributed by atoms with Gasteiger partial charge in [-0.3, -0.25) is 4.79 Å². The molecule has 0 aromatic heterocycles. The van der Waals surface area contributed by atoms with E-state index in [1.54, 1.807) is 0 Å². The maximum absolute atomic E-state index is 11.8. The van der Waals surface area contributed by atoms with Crippen LogP contribution in [-0.4, -0.2) is 55.9 Å². The van der Waals surface area contributed by atoms with E-state index in [0.717, 1.165) is 0 Å². The Morgan fingerprint density at radius 3 is 2.71 bits per heavy atom. The molecule has 0 aromatic rings. The third-order valence-corrected chi connectivity index (χ3v) is 2.21. The van der Waals surface area contributed by atoms with E-state index in [0.29, 0.717) is 19.6 Å². The molecule has 0 bridgehead atoms. The summed E-state index contributed by atoms with van der Waals surface area (Å²) in [5, 5.41) is 3.13. The summed E-state index contributed by atoms with van der Waals surface area (Å²) in [6, 6.07) is 0.167. The van der Waals surface area contributed by atoms with Crippen LogP contribution in [0.5, 0.6) is 0 Å². The van der Waals surface area contributed by atoms with Crippen molar-refractivity contribution >= 4 is 18.3 Å². The van der Waals surface area contributed by atoms with Crippen molar-refractivity contribution < 1.29 is 22.7 Å². The van der Waals surface area contributed by atoms with Crippen LogP contribution in [0, 0.1) is 0 Å². The first kappa shape index (κ1) is 16.5.